The molecule has 6 heteroatoms. The molecule has 2 heterocycles. The zero-order valence-electron chi connectivity index (χ0n) is 19.0. The number of carbonyl (C=O) groups excluding carboxylic acids is 1. The van der Waals surface area contributed by atoms with E-state index < -0.39 is 0 Å². The summed E-state index contributed by atoms with van der Waals surface area (Å²) in [5.74, 6) is 0.672. The van der Waals surface area contributed by atoms with E-state index in [1.54, 1.807) is 23.6 Å². The number of fused-ring (bicyclic) bond motifs is 1. The van der Waals surface area contributed by atoms with Crippen LogP contribution in [0, 0.1) is 12.8 Å². The van der Waals surface area contributed by atoms with Gasteiger partial charge >= 0.3 is 0 Å². The van der Waals surface area contributed by atoms with Gasteiger partial charge in [0.15, 0.2) is 0 Å². The fraction of sp³-hybridized carbons (Fsp3) is 0.423. The molecule has 1 N–H and O–H groups in total. The lowest BCUT2D eigenvalue weighted by Gasteiger charge is -2.30. The molecular weight excluding hydrogens is 400 g/mol. The second kappa shape index (κ2) is 10.1. The maximum absolute atomic E-state index is 12.7. The Bertz CT molecular complexity index is 1140. The van der Waals surface area contributed by atoms with E-state index in [9.17, 15) is 9.59 Å². The van der Waals surface area contributed by atoms with Crippen molar-refractivity contribution in [2.75, 3.05) is 26.2 Å². The largest absolute Gasteiger partial charge is 0.352 e. The summed E-state index contributed by atoms with van der Waals surface area (Å²) < 4.78 is 1.73. The van der Waals surface area contributed by atoms with Crippen LogP contribution in [0.2, 0.25) is 0 Å². The minimum atomic E-state index is -0.106. The molecule has 1 aliphatic rings. The van der Waals surface area contributed by atoms with Gasteiger partial charge in [0.2, 0.25) is 0 Å². The molecule has 32 heavy (non-hydrogen) atoms. The maximum Gasteiger partial charge on any atom is 0.272 e. The fourth-order valence-corrected chi connectivity index (χ4v) is 4.54. The van der Waals surface area contributed by atoms with Crippen LogP contribution in [0.25, 0.3) is 11.0 Å². The molecule has 1 saturated heterocycles. The number of nitrogens with one attached hydrogen (secondary N) is 1. The lowest BCUT2D eigenvalue weighted by molar-refractivity contribution is 0.0950. The van der Waals surface area contributed by atoms with Gasteiger partial charge in [-0.15, -0.1) is 0 Å². The first-order chi connectivity index (χ1) is 15.5. The van der Waals surface area contributed by atoms with Crippen molar-refractivity contribution in [2.45, 2.75) is 39.7 Å². The summed E-state index contributed by atoms with van der Waals surface area (Å²) in [6.07, 6.45) is 3.54. The quantitative estimate of drug-likeness (QED) is 0.579. The number of hydrogen-bond donors (Lipinski definition) is 1. The minimum absolute atomic E-state index is 0.0980. The summed E-state index contributed by atoms with van der Waals surface area (Å²) in [4.78, 5) is 32.4. The predicted octanol–water partition coefficient (Wildman–Crippen LogP) is 3.61. The van der Waals surface area contributed by atoms with Crippen LogP contribution in [0.5, 0.6) is 0 Å². The van der Waals surface area contributed by atoms with Gasteiger partial charge in [-0.1, -0.05) is 37.3 Å². The van der Waals surface area contributed by atoms with E-state index in [1.807, 2.05) is 36.4 Å². The SMILES string of the molecule is Cc1nc2cc(C(=O)NCCCN3CCCC(C)C3)ccc2n(Cc2ccccc2)c1=O. The normalized spacial score (nSPS) is 16.9. The van der Waals surface area contributed by atoms with Crippen LogP contribution in [-0.2, 0) is 6.54 Å². The topological polar surface area (TPSA) is 67.2 Å². The van der Waals surface area contributed by atoms with Crippen molar-refractivity contribution in [3.05, 3.63) is 75.7 Å². The van der Waals surface area contributed by atoms with Crippen molar-refractivity contribution in [3.63, 3.8) is 0 Å². The van der Waals surface area contributed by atoms with Gasteiger partial charge in [0.05, 0.1) is 17.6 Å². The van der Waals surface area contributed by atoms with Crippen LogP contribution in [0.15, 0.2) is 53.3 Å². The van der Waals surface area contributed by atoms with Crippen LogP contribution >= 0.6 is 0 Å². The van der Waals surface area contributed by atoms with Crippen LogP contribution in [0.3, 0.4) is 0 Å². The number of aromatic nitrogens is 2. The van der Waals surface area contributed by atoms with E-state index >= 15 is 0 Å². The summed E-state index contributed by atoms with van der Waals surface area (Å²) in [6.45, 7) is 8.50. The van der Waals surface area contributed by atoms with Crippen LogP contribution in [-0.4, -0.2) is 46.5 Å². The average molecular weight is 433 g/mol. The molecule has 0 bridgehead atoms. The van der Waals surface area contributed by atoms with Crippen molar-refractivity contribution < 1.29 is 4.79 Å². The first-order valence-electron chi connectivity index (χ1n) is 11.6. The van der Waals surface area contributed by atoms with E-state index in [1.165, 1.54) is 19.4 Å². The number of piperidine rings is 1. The van der Waals surface area contributed by atoms with E-state index in [4.69, 9.17) is 0 Å². The Hall–Kier alpha value is -2.99. The summed E-state index contributed by atoms with van der Waals surface area (Å²) in [5.41, 5.74) is 3.34. The Labute approximate surface area is 189 Å². The molecule has 0 saturated carbocycles. The number of likely N-dealkylation sites (tertiary alicyclic amines) is 1. The molecule has 1 unspecified atom stereocenters. The highest BCUT2D eigenvalue weighted by Crippen LogP contribution is 2.16. The number of rotatable bonds is 7. The number of aryl methyl sites for hydroxylation is 1. The first kappa shape index (κ1) is 22.2. The van der Waals surface area contributed by atoms with E-state index in [0.717, 1.165) is 36.5 Å². The molecule has 0 aliphatic carbocycles. The van der Waals surface area contributed by atoms with Crippen LogP contribution < -0.4 is 10.9 Å². The van der Waals surface area contributed by atoms with Crippen molar-refractivity contribution in [3.8, 4) is 0 Å². The number of hydrogen-bond acceptors (Lipinski definition) is 4. The van der Waals surface area contributed by atoms with E-state index in [2.05, 4.69) is 22.1 Å². The molecule has 2 aromatic carbocycles. The molecule has 168 valence electrons. The van der Waals surface area contributed by atoms with Gasteiger partial charge in [-0.05, 0) is 69.0 Å². The smallest absolute Gasteiger partial charge is 0.272 e. The molecular formula is C26H32N4O2. The molecule has 1 amide bonds. The summed E-state index contributed by atoms with van der Waals surface area (Å²) in [5, 5.41) is 3.03. The van der Waals surface area contributed by atoms with Crippen molar-refractivity contribution in [1.29, 1.82) is 0 Å². The molecule has 1 aliphatic heterocycles. The van der Waals surface area contributed by atoms with Crippen molar-refractivity contribution in [1.82, 2.24) is 19.8 Å². The van der Waals surface area contributed by atoms with E-state index in [-0.39, 0.29) is 11.5 Å². The van der Waals surface area contributed by atoms with Crippen LogP contribution in [0.1, 0.15) is 47.8 Å². The Morgan fingerprint density at radius 2 is 2.00 bits per heavy atom. The van der Waals surface area contributed by atoms with Gasteiger partial charge in [-0.2, -0.15) is 0 Å². The zero-order chi connectivity index (χ0) is 22.5. The predicted molar refractivity (Wildman–Crippen MR) is 128 cm³/mol. The van der Waals surface area contributed by atoms with Gasteiger partial charge < -0.3 is 14.8 Å². The molecule has 1 fully saturated rings. The van der Waals surface area contributed by atoms with Crippen molar-refractivity contribution in [2.24, 2.45) is 5.92 Å². The van der Waals surface area contributed by atoms with Crippen molar-refractivity contribution >= 4 is 16.9 Å². The van der Waals surface area contributed by atoms with E-state index in [0.29, 0.717) is 29.9 Å². The third-order valence-corrected chi connectivity index (χ3v) is 6.23. The second-order valence-electron chi connectivity index (χ2n) is 8.94. The van der Waals surface area contributed by atoms with Gasteiger partial charge in [-0.3, -0.25) is 9.59 Å². The fourth-order valence-electron chi connectivity index (χ4n) is 4.54. The third-order valence-electron chi connectivity index (χ3n) is 6.23. The third kappa shape index (κ3) is 5.25. The molecule has 4 rings (SSSR count). The Morgan fingerprint density at radius 3 is 2.78 bits per heavy atom. The highest BCUT2D eigenvalue weighted by Gasteiger charge is 2.16. The van der Waals surface area contributed by atoms with Gasteiger partial charge in [0.1, 0.15) is 5.69 Å². The lowest BCUT2D eigenvalue weighted by atomic mass is 10.0. The maximum atomic E-state index is 12.7. The lowest BCUT2D eigenvalue weighted by Crippen LogP contribution is -2.36. The molecule has 0 radical (unpaired) electrons. The number of carbonyl (C=O) groups is 1. The standard InChI is InChI=1S/C26H32N4O2/c1-19-8-6-14-29(17-19)15-7-13-27-25(31)22-11-12-24-23(16-22)28-20(2)26(32)30(24)18-21-9-4-3-5-10-21/h3-5,9-12,16,19H,6-8,13-15,17-18H2,1-2H3,(H,27,31). The second-order valence-corrected chi connectivity index (χ2v) is 8.94. The minimum Gasteiger partial charge on any atom is -0.352 e. The molecule has 1 aromatic heterocycles. The number of benzene rings is 2. The summed E-state index contributed by atoms with van der Waals surface area (Å²) in [6, 6.07) is 15.3. The summed E-state index contributed by atoms with van der Waals surface area (Å²) >= 11 is 0. The number of amides is 1. The van der Waals surface area contributed by atoms with Gasteiger partial charge in [0, 0.05) is 18.7 Å². The molecule has 1 atom stereocenters. The monoisotopic (exact) mass is 432 g/mol. The Balaban J connectivity index is 1.44. The van der Waals surface area contributed by atoms with Crippen LogP contribution in [0.4, 0.5) is 0 Å². The van der Waals surface area contributed by atoms with Gasteiger partial charge in [-0.25, -0.2) is 4.98 Å². The number of nitrogens with zero attached hydrogens (tertiary/aromatic N) is 3. The first-order valence-corrected chi connectivity index (χ1v) is 11.6. The molecule has 6 nitrogen and oxygen atoms in total. The molecule has 0 spiro atoms. The Kier molecular flexibility index (Phi) is 7.00. The average Bonchev–Trinajstić information content (AvgIpc) is 2.80. The zero-order valence-corrected chi connectivity index (χ0v) is 19.0. The molecule has 3 aromatic rings. The summed E-state index contributed by atoms with van der Waals surface area (Å²) in [7, 11) is 0. The Morgan fingerprint density at radius 1 is 1.19 bits per heavy atom. The highest BCUT2D eigenvalue weighted by molar-refractivity contribution is 5.97. The van der Waals surface area contributed by atoms with Gasteiger partial charge in [0.25, 0.3) is 11.5 Å². The highest BCUT2D eigenvalue weighted by atomic mass is 16.1.